The van der Waals surface area contributed by atoms with Crippen molar-refractivity contribution in [3.8, 4) is 0 Å². The van der Waals surface area contributed by atoms with E-state index in [0.717, 1.165) is 13.0 Å². The van der Waals surface area contributed by atoms with Gasteiger partial charge in [0.2, 0.25) is 5.91 Å². The van der Waals surface area contributed by atoms with Crippen molar-refractivity contribution in [2.75, 3.05) is 13.1 Å². The van der Waals surface area contributed by atoms with Gasteiger partial charge in [0.25, 0.3) is 0 Å². The van der Waals surface area contributed by atoms with Gasteiger partial charge in [0.05, 0.1) is 18.8 Å². The van der Waals surface area contributed by atoms with E-state index in [1.165, 1.54) is 0 Å². The van der Waals surface area contributed by atoms with E-state index in [4.69, 9.17) is 5.11 Å². The van der Waals surface area contributed by atoms with E-state index < -0.39 is 0 Å². The van der Waals surface area contributed by atoms with Crippen LogP contribution in [-0.4, -0.2) is 38.8 Å². The number of likely N-dealkylation sites (tertiary alicyclic amines) is 1. The van der Waals surface area contributed by atoms with E-state index in [2.05, 4.69) is 5.10 Å². The highest BCUT2D eigenvalue weighted by atomic mass is 16.3. The van der Waals surface area contributed by atoms with E-state index in [-0.39, 0.29) is 12.5 Å². The Morgan fingerprint density at radius 1 is 1.47 bits per heavy atom. The van der Waals surface area contributed by atoms with Crippen molar-refractivity contribution < 1.29 is 9.90 Å². The van der Waals surface area contributed by atoms with Crippen LogP contribution < -0.4 is 0 Å². The lowest BCUT2D eigenvalue weighted by Crippen LogP contribution is -2.28. The summed E-state index contributed by atoms with van der Waals surface area (Å²) in [4.78, 5) is 13.2. The van der Waals surface area contributed by atoms with Crippen molar-refractivity contribution in [3.05, 3.63) is 18.0 Å². The van der Waals surface area contributed by atoms with Crippen molar-refractivity contribution in [2.45, 2.75) is 26.0 Å². The van der Waals surface area contributed by atoms with Crippen molar-refractivity contribution >= 4 is 5.91 Å². The molecule has 0 unspecified atom stereocenters. The molecule has 0 aliphatic carbocycles. The molecule has 0 aromatic carbocycles. The second-order valence-electron chi connectivity index (χ2n) is 3.71. The number of carbonyl (C=O) groups excluding carboxylic acids is 1. The van der Waals surface area contributed by atoms with Gasteiger partial charge in [-0.05, 0) is 12.5 Å². The maximum atomic E-state index is 11.3. The predicted octanol–water partition coefficient (Wildman–Crippen LogP) is -0.00220. The Morgan fingerprint density at radius 2 is 2.33 bits per heavy atom. The van der Waals surface area contributed by atoms with E-state index in [0.29, 0.717) is 25.2 Å². The number of carbonyl (C=O) groups is 1. The van der Waals surface area contributed by atoms with Crippen molar-refractivity contribution in [3.63, 3.8) is 0 Å². The minimum atomic E-state index is -0.0321. The summed E-state index contributed by atoms with van der Waals surface area (Å²) in [6.07, 6.45) is 3.48. The van der Waals surface area contributed by atoms with Gasteiger partial charge in [0.1, 0.15) is 0 Å². The molecule has 5 nitrogen and oxygen atoms in total. The predicted molar refractivity (Wildman–Crippen MR) is 54.0 cm³/mol. The molecule has 15 heavy (non-hydrogen) atoms. The molecule has 2 heterocycles. The number of amides is 1. The van der Waals surface area contributed by atoms with Crippen LogP contribution in [0.2, 0.25) is 0 Å². The summed E-state index contributed by atoms with van der Waals surface area (Å²) in [6, 6.07) is 1.78. The number of rotatable bonds is 4. The van der Waals surface area contributed by atoms with Gasteiger partial charge in [-0.15, -0.1) is 0 Å². The summed E-state index contributed by atoms with van der Waals surface area (Å²) in [5, 5.41) is 13.0. The van der Waals surface area contributed by atoms with Crippen LogP contribution in [0.25, 0.3) is 0 Å². The Bertz CT molecular complexity index is 348. The van der Waals surface area contributed by atoms with Gasteiger partial charge in [0.15, 0.2) is 0 Å². The minimum Gasteiger partial charge on any atom is -0.390 e. The standard InChI is InChI=1S/C10H15N3O2/c14-8-9-3-5-13(11-9)7-6-12-4-1-2-10(12)15/h3,5,14H,1-2,4,6-8H2. The zero-order chi connectivity index (χ0) is 10.7. The molecule has 2 rings (SSSR count). The van der Waals surface area contributed by atoms with Crippen molar-refractivity contribution in [1.82, 2.24) is 14.7 Å². The average molecular weight is 209 g/mol. The van der Waals surface area contributed by atoms with Crippen LogP contribution in [0.1, 0.15) is 18.5 Å². The summed E-state index contributed by atoms with van der Waals surface area (Å²) < 4.78 is 1.76. The highest BCUT2D eigenvalue weighted by Gasteiger charge is 2.19. The highest BCUT2D eigenvalue weighted by molar-refractivity contribution is 5.77. The van der Waals surface area contributed by atoms with Crippen molar-refractivity contribution in [1.29, 1.82) is 0 Å². The number of aromatic nitrogens is 2. The quantitative estimate of drug-likeness (QED) is 0.759. The third-order valence-electron chi connectivity index (χ3n) is 2.63. The van der Waals surface area contributed by atoms with Gasteiger partial charge in [-0.25, -0.2) is 0 Å². The molecule has 1 saturated heterocycles. The summed E-state index contributed by atoms with van der Waals surface area (Å²) in [5.41, 5.74) is 0.669. The molecule has 0 atom stereocenters. The van der Waals surface area contributed by atoms with Crippen LogP contribution in [0.15, 0.2) is 12.3 Å². The number of nitrogens with zero attached hydrogens (tertiary/aromatic N) is 3. The maximum Gasteiger partial charge on any atom is 0.222 e. The molecular formula is C10H15N3O2. The molecule has 1 N–H and O–H groups in total. The number of hydrogen-bond acceptors (Lipinski definition) is 3. The molecule has 1 aromatic rings. The Labute approximate surface area is 88.3 Å². The number of hydrogen-bond donors (Lipinski definition) is 1. The van der Waals surface area contributed by atoms with Gasteiger partial charge in [-0.2, -0.15) is 5.10 Å². The lowest BCUT2D eigenvalue weighted by atomic mass is 10.4. The van der Waals surface area contributed by atoms with Gasteiger partial charge < -0.3 is 10.0 Å². The van der Waals surface area contributed by atoms with Crippen LogP contribution in [0.3, 0.4) is 0 Å². The second kappa shape index (κ2) is 4.44. The fourth-order valence-electron chi connectivity index (χ4n) is 1.78. The smallest absolute Gasteiger partial charge is 0.222 e. The summed E-state index contributed by atoms with van der Waals surface area (Å²) in [7, 11) is 0. The van der Waals surface area contributed by atoms with Gasteiger partial charge in [-0.1, -0.05) is 0 Å². The first-order valence-corrected chi connectivity index (χ1v) is 5.20. The number of aliphatic hydroxyl groups excluding tert-OH is 1. The first-order chi connectivity index (χ1) is 7.29. The van der Waals surface area contributed by atoms with Gasteiger partial charge in [-0.3, -0.25) is 9.48 Å². The normalized spacial score (nSPS) is 16.3. The van der Waals surface area contributed by atoms with Crippen molar-refractivity contribution in [2.24, 2.45) is 0 Å². The SMILES string of the molecule is O=C1CCCN1CCn1ccc(CO)n1. The van der Waals surface area contributed by atoms with Crippen LogP contribution in [0.4, 0.5) is 0 Å². The summed E-state index contributed by atoms with van der Waals surface area (Å²) in [6.45, 7) is 2.25. The van der Waals surface area contributed by atoms with E-state index in [1.807, 2.05) is 11.1 Å². The lowest BCUT2D eigenvalue weighted by molar-refractivity contribution is -0.127. The lowest BCUT2D eigenvalue weighted by Gasteiger charge is -2.14. The molecule has 0 saturated carbocycles. The van der Waals surface area contributed by atoms with Crippen LogP contribution in [0, 0.1) is 0 Å². The molecule has 82 valence electrons. The third kappa shape index (κ3) is 2.36. The Hall–Kier alpha value is -1.36. The highest BCUT2D eigenvalue weighted by Crippen LogP contribution is 2.09. The monoisotopic (exact) mass is 209 g/mol. The summed E-state index contributed by atoms with van der Waals surface area (Å²) >= 11 is 0. The molecule has 0 bridgehead atoms. The second-order valence-corrected chi connectivity index (χ2v) is 3.71. The van der Waals surface area contributed by atoms with E-state index in [9.17, 15) is 4.79 Å². The fourth-order valence-corrected chi connectivity index (χ4v) is 1.78. The molecule has 1 aliphatic rings. The Morgan fingerprint density at radius 3 is 2.93 bits per heavy atom. The average Bonchev–Trinajstić information content (AvgIpc) is 2.84. The molecule has 1 aromatic heterocycles. The molecule has 1 fully saturated rings. The van der Waals surface area contributed by atoms with Gasteiger partial charge in [0, 0.05) is 25.7 Å². The topological polar surface area (TPSA) is 58.4 Å². The van der Waals surface area contributed by atoms with Crippen LogP contribution in [-0.2, 0) is 17.9 Å². The van der Waals surface area contributed by atoms with Crippen LogP contribution in [0.5, 0.6) is 0 Å². The molecule has 5 heteroatoms. The number of aliphatic hydroxyl groups is 1. The first-order valence-electron chi connectivity index (χ1n) is 5.20. The zero-order valence-electron chi connectivity index (χ0n) is 8.59. The van der Waals surface area contributed by atoms with Crippen LogP contribution >= 0.6 is 0 Å². The van der Waals surface area contributed by atoms with E-state index in [1.54, 1.807) is 10.7 Å². The molecule has 0 spiro atoms. The molecule has 0 radical (unpaired) electrons. The summed E-state index contributed by atoms with van der Waals surface area (Å²) in [5.74, 6) is 0.240. The minimum absolute atomic E-state index is 0.0321. The maximum absolute atomic E-state index is 11.3. The third-order valence-corrected chi connectivity index (χ3v) is 2.63. The molecular weight excluding hydrogens is 194 g/mol. The van der Waals surface area contributed by atoms with E-state index >= 15 is 0 Å². The zero-order valence-corrected chi connectivity index (χ0v) is 8.59. The first kappa shape index (κ1) is 10.2. The van der Waals surface area contributed by atoms with Gasteiger partial charge >= 0.3 is 0 Å². The molecule has 1 amide bonds. The largest absolute Gasteiger partial charge is 0.390 e. The Kier molecular flexibility index (Phi) is 3.01. The fraction of sp³-hybridized carbons (Fsp3) is 0.600. The Balaban J connectivity index is 1.84. The molecule has 1 aliphatic heterocycles.